The Hall–Kier alpha value is -1.06. The molecule has 1 aromatic carbocycles. The molecular weight excluding hydrogens is 332 g/mol. The Kier molecular flexibility index (Phi) is 5.53. The highest BCUT2D eigenvalue weighted by molar-refractivity contribution is 5.51. The van der Waals surface area contributed by atoms with Crippen LogP contribution in [0.2, 0.25) is 0 Å². The van der Waals surface area contributed by atoms with Crippen molar-refractivity contribution in [2.45, 2.75) is 64.4 Å². The summed E-state index contributed by atoms with van der Waals surface area (Å²) in [6, 6.07) is 7.21. The van der Waals surface area contributed by atoms with E-state index in [2.05, 4.69) is 56.4 Å². The molecule has 150 valence electrons. The van der Waals surface area contributed by atoms with Gasteiger partial charge in [0.25, 0.3) is 0 Å². The summed E-state index contributed by atoms with van der Waals surface area (Å²) in [7, 11) is 4.26. The van der Waals surface area contributed by atoms with Crippen LogP contribution < -0.4 is 5.32 Å². The number of anilines is 1. The predicted octanol–water partition coefficient (Wildman–Crippen LogP) is 4.92. The van der Waals surface area contributed by atoms with Crippen molar-refractivity contribution in [2.24, 2.45) is 17.3 Å². The van der Waals surface area contributed by atoms with E-state index >= 15 is 0 Å². The van der Waals surface area contributed by atoms with Crippen molar-refractivity contribution in [1.29, 1.82) is 0 Å². The summed E-state index contributed by atoms with van der Waals surface area (Å²) in [5.74, 6) is 2.51. The second-order valence-corrected chi connectivity index (χ2v) is 9.62. The second kappa shape index (κ2) is 7.75. The number of hydrogen-bond donors (Lipinski definition) is 1. The van der Waals surface area contributed by atoms with Gasteiger partial charge < -0.3 is 15.0 Å². The van der Waals surface area contributed by atoms with Crippen LogP contribution in [-0.2, 0) is 11.2 Å². The Labute approximate surface area is 165 Å². The van der Waals surface area contributed by atoms with Crippen LogP contribution in [0.1, 0.15) is 63.0 Å². The van der Waals surface area contributed by atoms with Gasteiger partial charge in [-0.1, -0.05) is 13.0 Å². The van der Waals surface area contributed by atoms with E-state index in [1.54, 1.807) is 11.1 Å². The SMILES string of the molecule is CCOC1CCC2C3CCc4cc(NCCN(C)C)ccc4C3CCC12C. The average molecular weight is 371 g/mol. The Morgan fingerprint density at radius 2 is 2.04 bits per heavy atom. The van der Waals surface area contributed by atoms with E-state index in [0.717, 1.165) is 37.5 Å². The first-order valence-corrected chi connectivity index (χ1v) is 11.2. The minimum Gasteiger partial charge on any atom is -0.384 e. The molecule has 3 aliphatic carbocycles. The maximum atomic E-state index is 6.18. The lowest BCUT2D eigenvalue weighted by Gasteiger charge is -2.50. The molecule has 1 N–H and O–H groups in total. The van der Waals surface area contributed by atoms with Crippen LogP contribution in [0.15, 0.2) is 18.2 Å². The Balaban J connectivity index is 1.49. The molecule has 3 heteroatoms. The van der Waals surface area contributed by atoms with E-state index in [0.29, 0.717) is 11.5 Å². The van der Waals surface area contributed by atoms with E-state index in [4.69, 9.17) is 4.74 Å². The van der Waals surface area contributed by atoms with Gasteiger partial charge in [0, 0.05) is 25.4 Å². The molecule has 0 radical (unpaired) electrons. The zero-order chi connectivity index (χ0) is 19.0. The standard InChI is InChI=1S/C24H38N2O/c1-5-27-23-11-10-22-21-8-6-17-16-18(25-14-15-26(3)4)7-9-19(17)20(21)12-13-24(22,23)2/h7,9,16,20-23,25H,5-6,8,10-15H2,1-4H3. The minimum atomic E-state index is 0.419. The maximum Gasteiger partial charge on any atom is 0.0631 e. The first-order valence-electron chi connectivity index (χ1n) is 11.2. The Bertz CT molecular complexity index is 658. The molecule has 2 saturated carbocycles. The molecule has 3 nitrogen and oxygen atoms in total. The van der Waals surface area contributed by atoms with Gasteiger partial charge in [0.15, 0.2) is 0 Å². The molecule has 5 atom stereocenters. The normalized spacial score (nSPS) is 34.9. The van der Waals surface area contributed by atoms with E-state index in [9.17, 15) is 0 Å². The molecule has 0 saturated heterocycles. The van der Waals surface area contributed by atoms with Crippen LogP contribution in [0.5, 0.6) is 0 Å². The lowest BCUT2D eigenvalue weighted by atomic mass is 9.55. The van der Waals surface area contributed by atoms with Gasteiger partial charge in [-0.25, -0.2) is 0 Å². The van der Waals surface area contributed by atoms with Gasteiger partial charge in [-0.15, -0.1) is 0 Å². The number of likely N-dealkylation sites (N-methyl/N-ethyl adjacent to an activating group) is 1. The molecule has 1 aromatic rings. The summed E-state index contributed by atoms with van der Waals surface area (Å²) >= 11 is 0. The van der Waals surface area contributed by atoms with Crippen LogP contribution in [0.4, 0.5) is 5.69 Å². The number of aryl methyl sites for hydroxylation is 1. The Morgan fingerprint density at radius 1 is 1.19 bits per heavy atom. The lowest BCUT2D eigenvalue weighted by molar-refractivity contribution is -0.0600. The third-order valence-corrected chi connectivity index (χ3v) is 7.90. The minimum absolute atomic E-state index is 0.419. The molecule has 0 aromatic heterocycles. The fraction of sp³-hybridized carbons (Fsp3) is 0.750. The van der Waals surface area contributed by atoms with Crippen molar-refractivity contribution in [2.75, 3.05) is 39.1 Å². The number of nitrogens with one attached hydrogen (secondary N) is 1. The van der Waals surface area contributed by atoms with E-state index < -0.39 is 0 Å². The first-order chi connectivity index (χ1) is 13.0. The molecule has 5 unspecified atom stereocenters. The van der Waals surface area contributed by atoms with Gasteiger partial charge in [-0.3, -0.25) is 0 Å². The first kappa shape index (κ1) is 19.3. The summed E-state index contributed by atoms with van der Waals surface area (Å²) < 4.78 is 6.18. The summed E-state index contributed by atoms with van der Waals surface area (Å²) in [6.07, 6.45) is 8.47. The fourth-order valence-corrected chi connectivity index (χ4v) is 6.54. The van der Waals surface area contributed by atoms with Gasteiger partial charge in [-0.05, 0) is 106 Å². The number of ether oxygens (including phenoxy) is 1. The van der Waals surface area contributed by atoms with Crippen molar-refractivity contribution < 1.29 is 4.74 Å². The summed E-state index contributed by atoms with van der Waals surface area (Å²) in [5.41, 5.74) is 4.98. The third kappa shape index (κ3) is 3.53. The second-order valence-electron chi connectivity index (χ2n) is 9.62. The lowest BCUT2D eigenvalue weighted by Crippen LogP contribution is -2.44. The van der Waals surface area contributed by atoms with E-state index in [1.807, 2.05) is 0 Å². The van der Waals surface area contributed by atoms with E-state index in [1.165, 1.54) is 44.2 Å². The van der Waals surface area contributed by atoms with Crippen LogP contribution in [0.25, 0.3) is 0 Å². The van der Waals surface area contributed by atoms with Crippen LogP contribution in [0, 0.1) is 17.3 Å². The number of hydrogen-bond acceptors (Lipinski definition) is 3. The molecule has 4 rings (SSSR count). The zero-order valence-electron chi connectivity index (χ0n) is 17.8. The molecule has 27 heavy (non-hydrogen) atoms. The molecule has 0 heterocycles. The van der Waals surface area contributed by atoms with Crippen LogP contribution in [-0.4, -0.2) is 44.8 Å². The summed E-state index contributed by atoms with van der Waals surface area (Å²) in [5, 5.41) is 3.60. The smallest absolute Gasteiger partial charge is 0.0631 e. The molecule has 2 fully saturated rings. The van der Waals surface area contributed by atoms with Crippen LogP contribution >= 0.6 is 0 Å². The molecule has 3 aliphatic rings. The van der Waals surface area contributed by atoms with Crippen molar-refractivity contribution >= 4 is 5.69 Å². The topological polar surface area (TPSA) is 24.5 Å². The third-order valence-electron chi connectivity index (χ3n) is 7.90. The predicted molar refractivity (Wildman–Crippen MR) is 114 cm³/mol. The fourth-order valence-electron chi connectivity index (χ4n) is 6.54. The van der Waals surface area contributed by atoms with Crippen molar-refractivity contribution in [3.8, 4) is 0 Å². The van der Waals surface area contributed by atoms with Crippen molar-refractivity contribution in [1.82, 2.24) is 4.90 Å². The number of benzene rings is 1. The van der Waals surface area contributed by atoms with Crippen molar-refractivity contribution in [3.05, 3.63) is 29.3 Å². The number of rotatable bonds is 6. The Morgan fingerprint density at radius 3 is 2.81 bits per heavy atom. The molecule has 0 spiro atoms. The maximum absolute atomic E-state index is 6.18. The molecule has 0 aliphatic heterocycles. The molecule has 0 amide bonds. The van der Waals surface area contributed by atoms with Gasteiger partial charge in [0.05, 0.1) is 6.10 Å². The number of nitrogens with zero attached hydrogens (tertiary/aromatic N) is 1. The van der Waals surface area contributed by atoms with Gasteiger partial charge in [0.1, 0.15) is 0 Å². The van der Waals surface area contributed by atoms with Crippen LogP contribution in [0.3, 0.4) is 0 Å². The highest BCUT2D eigenvalue weighted by Crippen LogP contribution is 2.61. The zero-order valence-corrected chi connectivity index (χ0v) is 17.8. The quantitative estimate of drug-likeness (QED) is 0.769. The molecule has 0 bridgehead atoms. The van der Waals surface area contributed by atoms with Crippen molar-refractivity contribution in [3.63, 3.8) is 0 Å². The van der Waals surface area contributed by atoms with Gasteiger partial charge in [0.2, 0.25) is 0 Å². The average Bonchev–Trinajstić information content (AvgIpc) is 2.98. The number of fused-ring (bicyclic) bond motifs is 5. The highest BCUT2D eigenvalue weighted by Gasteiger charge is 2.55. The largest absolute Gasteiger partial charge is 0.384 e. The molecular formula is C24H38N2O. The highest BCUT2D eigenvalue weighted by atomic mass is 16.5. The monoisotopic (exact) mass is 370 g/mol. The van der Waals surface area contributed by atoms with Gasteiger partial charge >= 0.3 is 0 Å². The van der Waals surface area contributed by atoms with Gasteiger partial charge in [-0.2, -0.15) is 0 Å². The summed E-state index contributed by atoms with van der Waals surface area (Å²) in [4.78, 5) is 2.23. The summed E-state index contributed by atoms with van der Waals surface area (Å²) in [6.45, 7) is 7.64. The van der Waals surface area contributed by atoms with E-state index in [-0.39, 0.29) is 0 Å².